The van der Waals surface area contributed by atoms with Crippen molar-refractivity contribution in [1.29, 1.82) is 0 Å². The minimum Gasteiger partial charge on any atom is -0.320 e. The van der Waals surface area contributed by atoms with E-state index in [-0.39, 0.29) is 6.04 Å². The number of aromatic nitrogens is 1. The molecule has 2 aromatic carbocycles. The van der Waals surface area contributed by atoms with Gasteiger partial charge in [0.05, 0.1) is 6.04 Å². The van der Waals surface area contributed by atoms with Gasteiger partial charge < -0.3 is 5.73 Å². The smallest absolute Gasteiger partial charge is 0.0584 e. The second-order valence-corrected chi connectivity index (χ2v) is 6.36. The highest BCUT2D eigenvalue weighted by Gasteiger charge is 2.15. The van der Waals surface area contributed by atoms with Crippen molar-refractivity contribution in [2.75, 3.05) is 0 Å². The fourth-order valence-electron chi connectivity index (χ4n) is 2.31. The highest BCUT2D eigenvalue weighted by atomic mass is 79.9. The summed E-state index contributed by atoms with van der Waals surface area (Å²) in [5, 5.41) is 2.25. The second kappa shape index (κ2) is 5.64. The summed E-state index contributed by atoms with van der Waals surface area (Å²) in [5.74, 6) is 0. The molecule has 0 saturated carbocycles. The molecule has 0 amide bonds. The SMILES string of the molecule is NC(c1ccc(Br)cc1Br)c1cncc2ccccc12. The monoisotopic (exact) mass is 390 g/mol. The molecule has 0 spiro atoms. The lowest BCUT2D eigenvalue weighted by molar-refractivity contribution is 0.867. The third kappa shape index (κ3) is 2.51. The summed E-state index contributed by atoms with van der Waals surface area (Å²) in [7, 11) is 0. The van der Waals surface area contributed by atoms with Gasteiger partial charge in [-0.25, -0.2) is 0 Å². The fourth-order valence-corrected chi connectivity index (χ4v) is 3.60. The van der Waals surface area contributed by atoms with Crippen LogP contribution in [-0.4, -0.2) is 4.98 Å². The Morgan fingerprint density at radius 3 is 2.55 bits per heavy atom. The Labute approximate surface area is 134 Å². The van der Waals surface area contributed by atoms with E-state index in [1.54, 1.807) is 0 Å². The standard InChI is InChI=1S/C16H12Br2N2/c17-11-5-6-13(15(18)7-11)16(19)14-9-20-8-10-3-1-2-4-12(10)14/h1-9,16H,19H2. The third-order valence-corrected chi connectivity index (χ3v) is 4.51. The molecule has 3 aromatic rings. The fraction of sp³-hybridized carbons (Fsp3) is 0.0625. The average Bonchev–Trinajstić information content (AvgIpc) is 2.46. The van der Waals surface area contributed by atoms with E-state index in [1.165, 1.54) is 0 Å². The van der Waals surface area contributed by atoms with E-state index in [0.717, 1.165) is 30.8 Å². The zero-order valence-electron chi connectivity index (χ0n) is 10.6. The van der Waals surface area contributed by atoms with Crippen molar-refractivity contribution in [1.82, 2.24) is 4.98 Å². The Morgan fingerprint density at radius 1 is 0.950 bits per heavy atom. The number of hydrogen-bond acceptors (Lipinski definition) is 2. The molecular formula is C16H12Br2N2. The van der Waals surface area contributed by atoms with Crippen molar-refractivity contribution in [3.8, 4) is 0 Å². The molecule has 2 N–H and O–H groups in total. The Hall–Kier alpha value is -1.23. The molecule has 3 rings (SSSR count). The molecule has 100 valence electrons. The van der Waals surface area contributed by atoms with Crippen LogP contribution in [0, 0.1) is 0 Å². The zero-order chi connectivity index (χ0) is 14.1. The maximum Gasteiger partial charge on any atom is 0.0584 e. The number of rotatable bonds is 2. The summed E-state index contributed by atoms with van der Waals surface area (Å²) in [6.07, 6.45) is 3.71. The van der Waals surface area contributed by atoms with E-state index in [4.69, 9.17) is 5.73 Å². The molecule has 1 unspecified atom stereocenters. The molecule has 1 atom stereocenters. The van der Waals surface area contributed by atoms with Crippen LogP contribution in [0.4, 0.5) is 0 Å². The molecule has 0 radical (unpaired) electrons. The van der Waals surface area contributed by atoms with Crippen LogP contribution >= 0.6 is 31.9 Å². The van der Waals surface area contributed by atoms with Crippen molar-refractivity contribution in [2.24, 2.45) is 5.73 Å². The van der Waals surface area contributed by atoms with Gasteiger partial charge in [-0.15, -0.1) is 0 Å². The summed E-state index contributed by atoms with van der Waals surface area (Å²) >= 11 is 7.04. The van der Waals surface area contributed by atoms with Gasteiger partial charge in [-0.05, 0) is 28.6 Å². The lowest BCUT2D eigenvalue weighted by Gasteiger charge is -2.16. The quantitative estimate of drug-likeness (QED) is 0.680. The molecule has 0 bridgehead atoms. The molecule has 1 heterocycles. The van der Waals surface area contributed by atoms with Crippen molar-refractivity contribution >= 4 is 42.6 Å². The summed E-state index contributed by atoms with van der Waals surface area (Å²) < 4.78 is 2.02. The normalized spacial score (nSPS) is 12.6. The van der Waals surface area contributed by atoms with Crippen molar-refractivity contribution in [3.63, 3.8) is 0 Å². The lowest BCUT2D eigenvalue weighted by Crippen LogP contribution is -2.13. The molecule has 0 saturated heterocycles. The first kappa shape index (κ1) is 13.7. The van der Waals surface area contributed by atoms with Crippen LogP contribution in [0.3, 0.4) is 0 Å². The van der Waals surface area contributed by atoms with Gasteiger partial charge in [0.2, 0.25) is 0 Å². The summed E-state index contributed by atoms with van der Waals surface area (Å²) in [5.41, 5.74) is 8.53. The zero-order valence-corrected chi connectivity index (χ0v) is 13.7. The lowest BCUT2D eigenvalue weighted by atomic mass is 9.96. The molecule has 0 fully saturated rings. The first-order valence-corrected chi connectivity index (χ1v) is 7.78. The first-order valence-electron chi connectivity index (χ1n) is 6.20. The predicted octanol–water partition coefficient (Wildman–Crippen LogP) is 4.81. The van der Waals surface area contributed by atoms with Gasteiger partial charge in [-0.1, -0.05) is 62.2 Å². The van der Waals surface area contributed by atoms with Crippen molar-refractivity contribution < 1.29 is 0 Å². The van der Waals surface area contributed by atoms with Crippen LogP contribution in [0.15, 0.2) is 63.8 Å². The van der Waals surface area contributed by atoms with Crippen molar-refractivity contribution in [3.05, 3.63) is 74.9 Å². The number of benzene rings is 2. The Kier molecular flexibility index (Phi) is 3.87. The van der Waals surface area contributed by atoms with Crippen LogP contribution in [0.1, 0.15) is 17.2 Å². The van der Waals surface area contributed by atoms with Gasteiger partial charge in [-0.3, -0.25) is 4.98 Å². The van der Waals surface area contributed by atoms with Crippen LogP contribution in [-0.2, 0) is 0 Å². The predicted molar refractivity (Wildman–Crippen MR) is 89.6 cm³/mol. The molecule has 0 aliphatic heterocycles. The third-order valence-electron chi connectivity index (χ3n) is 3.33. The number of nitrogens with two attached hydrogens (primary N) is 1. The van der Waals surface area contributed by atoms with E-state index in [9.17, 15) is 0 Å². The second-order valence-electron chi connectivity index (χ2n) is 4.59. The van der Waals surface area contributed by atoms with Crippen LogP contribution in [0.5, 0.6) is 0 Å². The van der Waals surface area contributed by atoms with E-state index in [0.29, 0.717) is 0 Å². The van der Waals surface area contributed by atoms with Gasteiger partial charge in [0, 0.05) is 26.7 Å². The Balaban J connectivity index is 2.15. The highest BCUT2D eigenvalue weighted by molar-refractivity contribution is 9.11. The molecular weight excluding hydrogens is 380 g/mol. The molecule has 0 aliphatic carbocycles. The van der Waals surface area contributed by atoms with Gasteiger partial charge in [0.15, 0.2) is 0 Å². The van der Waals surface area contributed by atoms with Gasteiger partial charge in [0.1, 0.15) is 0 Å². The van der Waals surface area contributed by atoms with E-state index >= 15 is 0 Å². The first-order chi connectivity index (χ1) is 9.66. The van der Waals surface area contributed by atoms with Crippen molar-refractivity contribution in [2.45, 2.75) is 6.04 Å². The summed E-state index contributed by atoms with van der Waals surface area (Å²) in [4.78, 5) is 4.30. The Morgan fingerprint density at radius 2 is 1.75 bits per heavy atom. The van der Waals surface area contributed by atoms with Crippen LogP contribution < -0.4 is 5.73 Å². The largest absolute Gasteiger partial charge is 0.320 e. The number of pyridine rings is 1. The molecule has 1 aromatic heterocycles. The molecule has 0 aliphatic rings. The average molecular weight is 392 g/mol. The minimum atomic E-state index is -0.212. The van der Waals surface area contributed by atoms with Crippen LogP contribution in [0.25, 0.3) is 10.8 Å². The maximum atomic E-state index is 6.45. The van der Waals surface area contributed by atoms with E-state index < -0.39 is 0 Å². The van der Waals surface area contributed by atoms with Gasteiger partial charge >= 0.3 is 0 Å². The highest BCUT2D eigenvalue weighted by Crippen LogP contribution is 2.32. The van der Waals surface area contributed by atoms with E-state index in [1.807, 2.05) is 42.7 Å². The summed E-state index contributed by atoms with van der Waals surface area (Å²) in [6, 6.07) is 14.0. The maximum absolute atomic E-state index is 6.45. The van der Waals surface area contributed by atoms with Gasteiger partial charge in [-0.2, -0.15) is 0 Å². The molecule has 2 nitrogen and oxygen atoms in total. The summed E-state index contributed by atoms with van der Waals surface area (Å²) in [6.45, 7) is 0. The molecule has 20 heavy (non-hydrogen) atoms. The Bertz CT molecular complexity index is 766. The van der Waals surface area contributed by atoms with E-state index in [2.05, 4.69) is 49.0 Å². The molecule has 4 heteroatoms. The number of fused-ring (bicyclic) bond motifs is 1. The number of nitrogens with zero attached hydrogens (tertiary/aromatic N) is 1. The van der Waals surface area contributed by atoms with Crippen LogP contribution in [0.2, 0.25) is 0 Å². The minimum absolute atomic E-state index is 0.212. The number of hydrogen-bond donors (Lipinski definition) is 1. The number of halogens is 2. The van der Waals surface area contributed by atoms with Gasteiger partial charge in [0.25, 0.3) is 0 Å². The topological polar surface area (TPSA) is 38.9 Å².